The van der Waals surface area contributed by atoms with Gasteiger partial charge in [0.1, 0.15) is 5.76 Å². The molecule has 0 saturated heterocycles. The zero-order valence-electron chi connectivity index (χ0n) is 9.78. The minimum absolute atomic E-state index is 0.268. The summed E-state index contributed by atoms with van der Waals surface area (Å²) in [7, 11) is -3.48. The van der Waals surface area contributed by atoms with Crippen molar-refractivity contribution in [1.29, 1.82) is 0 Å². The van der Waals surface area contributed by atoms with Crippen LogP contribution in [0, 0.1) is 0 Å². The van der Waals surface area contributed by atoms with Crippen LogP contribution in [0.2, 0.25) is 0 Å². The van der Waals surface area contributed by atoms with Crippen molar-refractivity contribution in [3.63, 3.8) is 0 Å². The molecule has 0 amide bonds. The second-order valence-corrected chi connectivity index (χ2v) is 4.40. The predicted octanol–water partition coefficient (Wildman–Crippen LogP) is 3.66. The maximum atomic E-state index is 11.9. The molecule has 0 fully saturated rings. The van der Waals surface area contributed by atoms with Gasteiger partial charge >= 0.3 is 7.82 Å². The zero-order valence-corrected chi connectivity index (χ0v) is 10.7. The van der Waals surface area contributed by atoms with Crippen LogP contribution in [0.5, 0.6) is 0 Å². The van der Waals surface area contributed by atoms with E-state index < -0.39 is 7.82 Å². The molecule has 0 aliphatic rings. The predicted molar refractivity (Wildman–Crippen MR) is 60.5 cm³/mol. The van der Waals surface area contributed by atoms with Crippen LogP contribution in [0.3, 0.4) is 0 Å². The molecule has 0 rings (SSSR count). The Morgan fingerprint density at radius 3 is 2.07 bits per heavy atom. The quantitative estimate of drug-likeness (QED) is 0.383. The minimum atomic E-state index is -3.48. The summed E-state index contributed by atoms with van der Waals surface area (Å²) in [5.41, 5.74) is 0.678. The molecule has 0 aromatic rings. The lowest BCUT2D eigenvalue weighted by Crippen LogP contribution is -2.00. The Balaban J connectivity index is 4.67. The van der Waals surface area contributed by atoms with Crippen molar-refractivity contribution in [3.05, 3.63) is 24.0 Å². The first-order chi connectivity index (χ1) is 6.99. The highest BCUT2D eigenvalue weighted by molar-refractivity contribution is 7.48. The molecule has 0 aromatic heterocycles. The lowest BCUT2D eigenvalue weighted by atomic mass is 10.3. The van der Waals surface area contributed by atoms with Crippen LogP contribution in [-0.2, 0) is 18.1 Å². The van der Waals surface area contributed by atoms with Gasteiger partial charge < -0.3 is 4.52 Å². The van der Waals surface area contributed by atoms with Crippen molar-refractivity contribution in [1.82, 2.24) is 0 Å². The third-order valence-corrected chi connectivity index (χ3v) is 3.04. The van der Waals surface area contributed by atoms with Crippen molar-refractivity contribution < 1.29 is 18.1 Å². The van der Waals surface area contributed by atoms with Crippen LogP contribution in [0.15, 0.2) is 24.0 Å². The van der Waals surface area contributed by atoms with Gasteiger partial charge in [0.05, 0.1) is 13.2 Å². The fourth-order valence-corrected chi connectivity index (χ4v) is 2.22. The zero-order chi connectivity index (χ0) is 11.9. The number of hydrogen-bond donors (Lipinski definition) is 0. The van der Waals surface area contributed by atoms with Crippen LogP contribution >= 0.6 is 7.82 Å². The van der Waals surface area contributed by atoms with E-state index in [1.165, 1.54) is 0 Å². The molecule has 0 radical (unpaired) electrons. The molecule has 15 heavy (non-hydrogen) atoms. The summed E-state index contributed by atoms with van der Waals surface area (Å²) in [6.45, 7) is 11.2. The van der Waals surface area contributed by atoms with E-state index in [0.29, 0.717) is 11.3 Å². The highest BCUT2D eigenvalue weighted by atomic mass is 31.2. The molecule has 0 saturated carbocycles. The Hall–Kier alpha value is -0.570. The maximum absolute atomic E-state index is 11.9. The van der Waals surface area contributed by atoms with Crippen molar-refractivity contribution in [3.8, 4) is 0 Å². The summed E-state index contributed by atoms with van der Waals surface area (Å²) < 4.78 is 27.1. The molecule has 0 aliphatic heterocycles. The second kappa shape index (κ2) is 6.83. The Labute approximate surface area is 91.5 Å². The SMILES string of the molecule is C=C(C)C(=CC)OP(=O)(OCC)OCC. The molecule has 0 heterocycles. The molecule has 0 spiro atoms. The summed E-state index contributed by atoms with van der Waals surface area (Å²) in [6, 6.07) is 0. The van der Waals surface area contributed by atoms with Crippen LogP contribution in [0.1, 0.15) is 27.7 Å². The summed E-state index contributed by atoms with van der Waals surface area (Å²) in [5, 5.41) is 0. The van der Waals surface area contributed by atoms with Gasteiger partial charge in [-0.15, -0.1) is 0 Å². The highest BCUT2D eigenvalue weighted by Crippen LogP contribution is 2.51. The number of phosphoric acid groups is 1. The van der Waals surface area contributed by atoms with Gasteiger partial charge in [-0.3, -0.25) is 9.05 Å². The van der Waals surface area contributed by atoms with Gasteiger partial charge in [-0.2, -0.15) is 0 Å². The second-order valence-electron chi connectivity index (χ2n) is 2.81. The van der Waals surface area contributed by atoms with E-state index in [-0.39, 0.29) is 13.2 Å². The summed E-state index contributed by atoms with van der Waals surface area (Å²) in [6.07, 6.45) is 1.67. The van der Waals surface area contributed by atoms with E-state index in [2.05, 4.69) is 6.58 Å². The monoisotopic (exact) mass is 234 g/mol. The van der Waals surface area contributed by atoms with Crippen molar-refractivity contribution >= 4 is 7.82 Å². The molecule has 88 valence electrons. The van der Waals surface area contributed by atoms with Crippen molar-refractivity contribution in [2.24, 2.45) is 0 Å². The van der Waals surface area contributed by atoms with Crippen molar-refractivity contribution in [2.75, 3.05) is 13.2 Å². The maximum Gasteiger partial charge on any atom is 0.530 e. The van der Waals surface area contributed by atoms with Gasteiger partial charge in [0, 0.05) is 0 Å². The summed E-state index contributed by atoms with van der Waals surface area (Å²) in [5.74, 6) is 0.431. The molecule has 0 aliphatic carbocycles. The van der Waals surface area contributed by atoms with E-state index in [9.17, 15) is 4.57 Å². The van der Waals surface area contributed by atoms with Crippen LogP contribution in [0.4, 0.5) is 0 Å². The van der Waals surface area contributed by atoms with E-state index >= 15 is 0 Å². The van der Waals surface area contributed by atoms with Crippen LogP contribution < -0.4 is 0 Å². The first-order valence-electron chi connectivity index (χ1n) is 4.90. The van der Waals surface area contributed by atoms with Crippen LogP contribution in [-0.4, -0.2) is 13.2 Å². The minimum Gasteiger partial charge on any atom is -0.404 e. The van der Waals surface area contributed by atoms with Gasteiger partial charge in [-0.05, 0) is 39.3 Å². The topological polar surface area (TPSA) is 44.8 Å². The van der Waals surface area contributed by atoms with Gasteiger partial charge in [0.2, 0.25) is 0 Å². The van der Waals surface area contributed by atoms with Gasteiger partial charge in [0.15, 0.2) is 0 Å². The standard InChI is InChI=1S/C10H19O4P/c1-6-10(9(4)5)14-15(11,12-7-2)13-8-3/h6H,4,7-8H2,1-3,5H3. The molecule has 0 bridgehead atoms. The molecule has 0 atom stereocenters. The Morgan fingerprint density at radius 1 is 1.33 bits per heavy atom. The van der Waals surface area contributed by atoms with Crippen molar-refractivity contribution in [2.45, 2.75) is 27.7 Å². The van der Waals surface area contributed by atoms with E-state index in [0.717, 1.165) is 0 Å². The fraction of sp³-hybridized carbons (Fsp3) is 0.600. The molecule has 0 aromatic carbocycles. The first kappa shape index (κ1) is 14.4. The average molecular weight is 234 g/mol. The first-order valence-corrected chi connectivity index (χ1v) is 6.36. The third kappa shape index (κ3) is 5.17. The molecule has 4 nitrogen and oxygen atoms in total. The third-order valence-electron chi connectivity index (χ3n) is 1.47. The normalized spacial score (nSPS) is 12.7. The molecule has 0 unspecified atom stereocenters. The Kier molecular flexibility index (Phi) is 6.57. The van der Waals surface area contributed by atoms with Gasteiger partial charge in [-0.1, -0.05) is 6.58 Å². The fourth-order valence-electron chi connectivity index (χ4n) is 0.904. The summed E-state index contributed by atoms with van der Waals surface area (Å²) in [4.78, 5) is 0. The smallest absolute Gasteiger partial charge is 0.404 e. The average Bonchev–Trinajstić information content (AvgIpc) is 2.14. The lowest BCUT2D eigenvalue weighted by Gasteiger charge is -2.18. The number of hydrogen-bond acceptors (Lipinski definition) is 4. The highest BCUT2D eigenvalue weighted by Gasteiger charge is 2.28. The molecule has 5 heteroatoms. The Morgan fingerprint density at radius 2 is 1.80 bits per heavy atom. The van der Waals surface area contributed by atoms with Gasteiger partial charge in [0.25, 0.3) is 0 Å². The van der Waals surface area contributed by atoms with Crippen LogP contribution in [0.25, 0.3) is 0 Å². The number of allylic oxidation sites excluding steroid dienone is 2. The van der Waals surface area contributed by atoms with Gasteiger partial charge in [-0.25, -0.2) is 4.57 Å². The summed E-state index contributed by atoms with van der Waals surface area (Å²) >= 11 is 0. The molecular weight excluding hydrogens is 215 g/mol. The molecular formula is C10H19O4P. The van der Waals surface area contributed by atoms with E-state index in [1.807, 2.05) is 0 Å². The lowest BCUT2D eigenvalue weighted by molar-refractivity contribution is 0.147. The molecule has 0 N–H and O–H groups in total. The number of phosphoric ester groups is 1. The number of rotatable bonds is 7. The van der Waals surface area contributed by atoms with E-state index in [1.54, 1.807) is 33.8 Å². The largest absolute Gasteiger partial charge is 0.530 e. The Bertz CT molecular complexity index is 273. The van der Waals surface area contributed by atoms with E-state index in [4.69, 9.17) is 13.6 Å².